The van der Waals surface area contributed by atoms with E-state index in [-0.39, 0.29) is 11.5 Å². The smallest absolute Gasteiger partial charge is 0.335 e. The minimum absolute atomic E-state index is 0.156. The summed E-state index contributed by atoms with van der Waals surface area (Å²) in [5, 5.41) is 11.9. The molecular weight excluding hydrogens is 326 g/mol. The SMILES string of the molecule is Cc1c(C)c2c(c(C)c1C(=O)Nc1ccc(C(=O)O)cc1)CC=CC2C. The number of fused-ring (bicyclic) bond motifs is 1. The van der Waals surface area contributed by atoms with Crippen LogP contribution in [-0.2, 0) is 6.42 Å². The molecule has 0 spiro atoms. The number of nitrogens with one attached hydrogen (secondary N) is 1. The van der Waals surface area contributed by atoms with Gasteiger partial charge < -0.3 is 10.4 Å². The zero-order valence-corrected chi connectivity index (χ0v) is 15.5. The van der Waals surface area contributed by atoms with Gasteiger partial charge in [-0.25, -0.2) is 4.79 Å². The Balaban J connectivity index is 1.98. The van der Waals surface area contributed by atoms with Gasteiger partial charge in [-0.05, 0) is 85.2 Å². The second-order valence-electron chi connectivity index (χ2n) is 6.90. The molecule has 134 valence electrons. The highest BCUT2D eigenvalue weighted by Gasteiger charge is 2.24. The van der Waals surface area contributed by atoms with Crippen molar-refractivity contribution in [3.05, 3.63) is 75.4 Å². The van der Waals surface area contributed by atoms with E-state index < -0.39 is 5.97 Å². The fourth-order valence-corrected chi connectivity index (χ4v) is 3.85. The molecule has 1 aliphatic rings. The third-order valence-electron chi connectivity index (χ3n) is 5.31. The predicted molar refractivity (Wildman–Crippen MR) is 103 cm³/mol. The minimum atomic E-state index is -0.984. The van der Waals surface area contributed by atoms with Gasteiger partial charge in [0.1, 0.15) is 0 Å². The Morgan fingerprint density at radius 3 is 2.31 bits per heavy atom. The first-order chi connectivity index (χ1) is 12.3. The molecule has 2 aromatic rings. The maximum Gasteiger partial charge on any atom is 0.335 e. The standard InChI is InChI=1S/C22H23NO3/c1-12-6-5-7-18-15(4)20(14(3)13(2)19(12)18)21(24)23-17-10-8-16(9-11-17)22(25)26/h5-6,8-12H,7H2,1-4H3,(H,23,24)(H,25,26). The zero-order valence-electron chi connectivity index (χ0n) is 15.5. The molecule has 0 aromatic heterocycles. The lowest BCUT2D eigenvalue weighted by Gasteiger charge is -2.26. The Labute approximate surface area is 153 Å². The fraction of sp³-hybridized carbons (Fsp3) is 0.273. The van der Waals surface area contributed by atoms with Crippen LogP contribution in [0.2, 0.25) is 0 Å². The molecule has 0 heterocycles. The van der Waals surface area contributed by atoms with E-state index in [4.69, 9.17) is 5.11 Å². The third-order valence-corrected chi connectivity index (χ3v) is 5.31. The van der Waals surface area contributed by atoms with Crippen molar-refractivity contribution >= 4 is 17.6 Å². The molecule has 0 aliphatic heterocycles. The van der Waals surface area contributed by atoms with Gasteiger partial charge in [-0.2, -0.15) is 0 Å². The molecule has 4 heteroatoms. The second-order valence-corrected chi connectivity index (χ2v) is 6.90. The molecule has 26 heavy (non-hydrogen) atoms. The van der Waals surface area contributed by atoms with Crippen LogP contribution in [0.3, 0.4) is 0 Å². The molecule has 1 amide bonds. The molecule has 0 saturated heterocycles. The summed E-state index contributed by atoms with van der Waals surface area (Å²) in [6.45, 7) is 8.28. The molecule has 1 atom stereocenters. The van der Waals surface area contributed by atoms with Crippen LogP contribution in [0.15, 0.2) is 36.4 Å². The highest BCUT2D eigenvalue weighted by atomic mass is 16.4. The van der Waals surface area contributed by atoms with E-state index in [1.807, 2.05) is 13.8 Å². The third kappa shape index (κ3) is 3.03. The van der Waals surface area contributed by atoms with Crippen LogP contribution < -0.4 is 5.32 Å². The second kappa shape index (κ2) is 6.79. The lowest BCUT2D eigenvalue weighted by Crippen LogP contribution is -2.19. The molecule has 3 rings (SSSR count). The number of hydrogen-bond acceptors (Lipinski definition) is 2. The van der Waals surface area contributed by atoms with Gasteiger partial charge in [0.05, 0.1) is 5.56 Å². The molecule has 4 nitrogen and oxygen atoms in total. The summed E-state index contributed by atoms with van der Waals surface area (Å²) in [4.78, 5) is 23.9. The minimum Gasteiger partial charge on any atom is -0.478 e. The van der Waals surface area contributed by atoms with Crippen molar-refractivity contribution in [3.63, 3.8) is 0 Å². The molecule has 0 bridgehead atoms. The van der Waals surface area contributed by atoms with E-state index in [1.165, 1.54) is 28.8 Å². The number of rotatable bonds is 3. The molecule has 0 fully saturated rings. The monoisotopic (exact) mass is 349 g/mol. The van der Waals surface area contributed by atoms with Crippen molar-refractivity contribution in [2.24, 2.45) is 0 Å². The van der Waals surface area contributed by atoms with Gasteiger partial charge >= 0.3 is 5.97 Å². The Bertz CT molecular complexity index is 924. The quantitative estimate of drug-likeness (QED) is 0.784. The largest absolute Gasteiger partial charge is 0.478 e. The average Bonchev–Trinajstić information content (AvgIpc) is 2.60. The number of benzene rings is 2. The summed E-state index contributed by atoms with van der Waals surface area (Å²) < 4.78 is 0. The summed E-state index contributed by atoms with van der Waals surface area (Å²) in [7, 11) is 0. The number of anilines is 1. The van der Waals surface area contributed by atoms with Crippen molar-refractivity contribution in [2.45, 2.75) is 40.0 Å². The van der Waals surface area contributed by atoms with E-state index in [2.05, 4.69) is 31.3 Å². The lowest BCUT2D eigenvalue weighted by atomic mass is 9.79. The van der Waals surface area contributed by atoms with E-state index >= 15 is 0 Å². The molecular formula is C22H23NO3. The first-order valence-corrected chi connectivity index (χ1v) is 8.75. The van der Waals surface area contributed by atoms with Crippen molar-refractivity contribution in [1.82, 2.24) is 0 Å². The molecule has 0 radical (unpaired) electrons. The summed E-state index contributed by atoms with van der Waals surface area (Å²) in [6, 6.07) is 6.20. The van der Waals surface area contributed by atoms with Crippen molar-refractivity contribution in [1.29, 1.82) is 0 Å². The van der Waals surface area contributed by atoms with Gasteiger partial charge in [0, 0.05) is 11.3 Å². The first kappa shape index (κ1) is 17.9. The maximum absolute atomic E-state index is 12.9. The Kier molecular flexibility index (Phi) is 4.68. The van der Waals surface area contributed by atoms with Gasteiger partial charge in [0.25, 0.3) is 5.91 Å². The van der Waals surface area contributed by atoms with Crippen LogP contribution in [0, 0.1) is 20.8 Å². The van der Waals surface area contributed by atoms with Crippen LogP contribution in [-0.4, -0.2) is 17.0 Å². The highest BCUT2D eigenvalue weighted by Crippen LogP contribution is 2.36. The van der Waals surface area contributed by atoms with Crippen LogP contribution in [0.1, 0.15) is 61.4 Å². The molecule has 2 N–H and O–H groups in total. The van der Waals surface area contributed by atoms with Gasteiger partial charge in [-0.1, -0.05) is 19.1 Å². The number of aromatic carboxylic acids is 1. The maximum atomic E-state index is 12.9. The Morgan fingerprint density at radius 1 is 1.04 bits per heavy atom. The van der Waals surface area contributed by atoms with E-state index in [1.54, 1.807) is 12.1 Å². The van der Waals surface area contributed by atoms with Crippen LogP contribution in [0.4, 0.5) is 5.69 Å². The van der Waals surface area contributed by atoms with Gasteiger partial charge in [-0.15, -0.1) is 0 Å². The van der Waals surface area contributed by atoms with Crippen LogP contribution in [0.5, 0.6) is 0 Å². The number of carboxylic acids is 1. The lowest BCUT2D eigenvalue weighted by molar-refractivity contribution is 0.0696. The molecule has 2 aromatic carbocycles. The van der Waals surface area contributed by atoms with Gasteiger partial charge in [0.15, 0.2) is 0 Å². The van der Waals surface area contributed by atoms with Gasteiger partial charge in [0.2, 0.25) is 0 Å². The number of amides is 1. The van der Waals surface area contributed by atoms with Crippen LogP contribution in [0.25, 0.3) is 0 Å². The van der Waals surface area contributed by atoms with E-state index in [9.17, 15) is 9.59 Å². The molecule has 1 unspecified atom stereocenters. The van der Waals surface area contributed by atoms with Crippen molar-refractivity contribution in [3.8, 4) is 0 Å². The summed E-state index contributed by atoms with van der Waals surface area (Å²) in [5.74, 6) is -0.782. The Hall–Kier alpha value is -2.88. The van der Waals surface area contributed by atoms with Gasteiger partial charge in [-0.3, -0.25) is 4.79 Å². The van der Waals surface area contributed by atoms with Crippen molar-refractivity contribution < 1.29 is 14.7 Å². The van der Waals surface area contributed by atoms with Crippen LogP contribution >= 0.6 is 0 Å². The number of carboxylic acid groups (broad SMARTS) is 1. The number of carbonyl (C=O) groups excluding carboxylic acids is 1. The molecule has 1 aliphatic carbocycles. The molecule has 0 saturated carbocycles. The number of hydrogen-bond donors (Lipinski definition) is 2. The summed E-state index contributed by atoms with van der Waals surface area (Å²) in [5.41, 5.74) is 7.28. The normalized spacial score (nSPS) is 15.5. The van der Waals surface area contributed by atoms with E-state index in [0.717, 1.165) is 17.5 Å². The topological polar surface area (TPSA) is 66.4 Å². The summed E-state index contributed by atoms with van der Waals surface area (Å²) in [6.07, 6.45) is 5.24. The summed E-state index contributed by atoms with van der Waals surface area (Å²) >= 11 is 0. The fourth-order valence-electron chi connectivity index (χ4n) is 3.85. The average molecular weight is 349 g/mol. The Morgan fingerprint density at radius 2 is 1.69 bits per heavy atom. The predicted octanol–water partition coefficient (Wildman–Crippen LogP) is 4.78. The zero-order chi connectivity index (χ0) is 19.0. The van der Waals surface area contributed by atoms with E-state index in [0.29, 0.717) is 17.2 Å². The number of allylic oxidation sites excluding steroid dienone is 2. The highest BCUT2D eigenvalue weighted by molar-refractivity contribution is 6.07. The first-order valence-electron chi connectivity index (χ1n) is 8.75. The number of carbonyl (C=O) groups is 2. The van der Waals surface area contributed by atoms with Crippen molar-refractivity contribution in [2.75, 3.05) is 5.32 Å².